The Hall–Kier alpha value is -2.20. The summed E-state index contributed by atoms with van der Waals surface area (Å²) < 4.78 is 15.7. The van der Waals surface area contributed by atoms with Gasteiger partial charge in [0.15, 0.2) is 0 Å². The van der Waals surface area contributed by atoms with Gasteiger partial charge in [0, 0.05) is 11.6 Å². The van der Waals surface area contributed by atoms with Gasteiger partial charge in [-0.05, 0) is 29.8 Å². The van der Waals surface area contributed by atoms with Crippen LogP contribution < -0.4 is 19.9 Å². The van der Waals surface area contributed by atoms with Gasteiger partial charge in [0.1, 0.15) is 17.2 Å². The molecule has 2 aromatic carbocycles. The lowest BCUT2D eigenvalue weighted by Crippen LogP contribution is -2.13. The van der Waals surface area contributed by atoms with Crippen LogP contribution in [0.15, 0.2) is 42.5 Å². The molecule has 20 heavy (non-hydrogen) atoms. The number of methoxy groups -OCH3 is 3. The van der Waals surface area contributed by atoms with Gasteiger partial charge < -0.3 is 19.9 Å². The number of benzene rings is 2. The van der Waals surface area contributed by atoms with Gasteiger partial charge in [0.2, 0.25) is 0 Å². The molecule has 0 radical (unpaired) electrons. The summed E-state index contributed by atoms with van der Waals surface area (Å²) in [6.45, 7) is 0. The minimum atomic E-state index is -0.262. The molecule has 4 heteroatoms. The van der Waals surface area contributed by atoms with E-state index in [0.717, 1.165) is 22.6 Å². The zero-order chi connectivity index (χ0) is 14.5. The lowest BCUT2D eigenvalue weighted by atomic mass is 9.98. The Morgan fingerprint density at radius 2 is 1.40 bits per heavy atom. The quantitative estimate of drug-likeness (QED) is 0.910. The van der Waals surface area contributed by atoms with Gasteiger partial charge in [-0.3, -0.25) is 0 Å². The van der Waals surface area contributed by atoms with Crippen molar-refractivity contribution in [3.05, 3.63) is 53.6 Å². The van der Waals surface area contributed by atoms with E-state index in [2.05, 4.69) is 0 Å². The molecule has 2 aromatic rings. The van der Waals surface area contributed by atoms with Crippen molar-refractivity contribution >= 4 is 0 Å². The second kappa shape index (κ2) is 6.30. The van der Waals surface area contributed by atoms with Gasteiger partial charge >= 0.3 is 0 Å². The van der Waals surface area contributed by atoms with Gasteiger partial charge in [-0.25, -0.2) is 0 Å². The van der Waals surface area contributed by atoms with Crippen LogP contribution in [0.4, 0.5) is 0 Å². The van der Waals surface area contributed by atoms with E-state index in [0.29, 0.717) is 5.75 Å². The average Bonchev–Trinajstić information content (AvgIpc) is 2.53. The number of hydrogen-bond acceptors (Lipinski definition) is 4. The highest BCUT2D eigenvalue weighted by molar-refractivity contribution is 5.46. The molecule has 0 saturated carbocycles. The summed E-state index contributed by atoms with van der Waals surface area (Å²) in [6.07, 6.45) is 0. The molecule has 0 heterocycles. The third-order valence-corrected chi connectivity index (χ3v) is 3.25. The minimum Gasteiger partial charge on any atom is -0.497 e. The van der Waals surface area contributed by atoms with Crippen molar-refractivity contribution in [2.75, 3.05) is 21.3 Å². The van der Waals surface area contributed by atoms with E-state index in [1.165, 1.54) is 0 Å². The van der Waals surface area contributed by atoms with Crippen LogP contribution in [-0.2, 0) is 0 Å². The predicted octanol–water partition coefficient (Wildman–Crippen LogP) is 2.76. The Balaban J connectivity index is 2.33. The Morgan fingerprint density at radius 3 is 1.95 bits per heavy atom. The summed E-state index contributed by atoms with van der Waals surface area (Å²) in [7, 11) is 4.89. The van der Waals surface area contributed by atoms with E-state index < -0.39 is 0 Å². The normalized spacial score (nSPS) is 11.8. The van der Waals surface area contributed by atoms with Crippen LogP contribution in [0.1, 0.15) is 17.2 Å². The topological polar surface area (TPSA) is 53.7 Å². The SMILES string of the molecule is COc1ccc([C@@H](N)c2ccc(OC)cc2OC)cc1. The first-order chi connectivity index (χ1) is 9.69. The van der Waals surface area contributed by atoms with E-state index in [-0.39, 0.29) is 6.04 Å². The molecular weight excluding hydrogens is 254 g/mol. The van der Waals surface area contributed by atoms with Crippen molar-refractivity contribution in [2.24, 2.45) is 5.73 Å². The van der Waals surface area contributed by atoms with E-state index in [9.17, 15) is 0 Å². The summed E-state index contributed by atoms with van der Waals surface area (Å²) >= 11 is 0. The van der Waals surface area contributed by atoms with Gasteiger partial charge in [-0.15, -0.1) is 0 Å². The molecule has 0 saturated heterocycles. The van der Waals surface area contributed by atoms with Crippen LogP contribution in [-0.4, -0.2) is 21.3 Å². The standard InChI is InChI=1S/C16H19NO3/c1-18-12-6-4-11(5-7-12)16(17)14-9-8-13(19-2)10-15(14)20-3/h4-10,16H,17H2,1-3H3/t16-/m1/s1. The molecular formula is C16H19NO3. The average molecular weight is 273 g/mol. The number of nitrogens with two attached hydrogens (primary N) is 1. The smallest absolute Gasteiger partial charge is 0.127 e. The zero-order valence-electron chi connectivity index (χ0n) is 11.9. The zero-order valence-corrected chi connectivity index (χ0v) is 11.9. The van der Waals surface area contributed by atoms with Gasteiger partial charge in [0.05, 0.1) is 27.4 Å². The molecule has 0 spiro atoms. The lowest BCUT2D eigenvalue weighted by Gasteiger charge is -2.17. The molecule has 0 aliphatic heterocycles. The molecule has 106 valence electrons. The predicted molar refractivity (Wildman–Crippen MR) is 78.6 cm³/mol. The first-order valence-corrected chi connectivity index (χ1v) is 6.31. The van der Waals surface area contributed by atoms with Crippen molar-refractivity contribution in [2.45, 2.75) is 6.04 Å². The van der Waals surface area contributed by atoms with Crippen LogP contribution in [0.2, 0.25) is 0 Å². The van der Waals surface area contributed by atoms with Crippen molar-refractivity contribution in [1.29, 1.82) is 0 Å². The summed E-state index contributed by atoms with van der Waals surface area (Å²) in [6, 6.07) is 13.1. The molecule has 0 bridgehead atoms. The van der Waals surface area contributed by atoms with E-state index in [1.54, 1.807) is 21.3 Å². The lowest BCUT2D eigenvalue weighted by molar-refractivity contribution is 0.390. The van der Waals surface area contributed by atoms with Crippen LogP contribution in [0.3, 0.4) is 0 Å². The largest absolute Gasteiger partial charge is 0.497 e. The van der Waals surface area contributed by atoms with Gasteiger partial charge in [-0.2, -0.15) is 0 Å². The summed E-state index contributed by atoms with van der Waals surface area (Å²) in [5.74, 6) is 2.27. The van der Waals surface area contributed by atoms with Gasteiger partial charge in [-0.1, -0.05) is 12.1 Å². The summed E-state index contributed by atoms with van der Waals surface area (Å²) in [4.78, 5) is 0. The maximum absolute atomic E-state index is 6.31. The molecule has 0 amide bonds. The van der Waals surface area contributed by atoms with Crippen molar-refractivity contribution in [1.82, 2.24) is 0 Å². The van der Waals surface area contributed by atoms with E-state index in [1.807, 2.05) is 42.5 Å². The Morgan fingerprint density at radius 1 is 0.800 bits per heavy atom. The maximum atomic E-state index is 6.31. The Labute approximate surface area is 119 Å². The molecule has 0 aliphatic rings. The molecule has 2 N–H and O–H groups in total. The highest BCUT2D eigenvalue weighted by Gasteiger charge is 2.15. The second-order valence-electron chi connectivity index (χ2n) is 4.36. The van der Waals surface area contributed by atoms with Crippen LogP contribution >= 0.6 is 0 Å². The molecule has 2 rings (SSSR count). The molecule has 0 aliphatic carbocycles. The first-order valence-electron chi connectivity index (χ1n) is 6.31. The van der Waals surface area contributed by atoms with Crippen LogP contribution in [0.5, 0.6) is 17.2 Å². The molecule has 1 atom stereocenters. The first kappa shape index (κ1) is 14.2. The van der Waals surface area contributed by atoms with Gasteiger partial charge in [0.25, 0.3) is 0 Å². The molecule has 0 fully saturated rings. The number of ether oxygens (including phenoxy) is 3. The third kappa shape index (κ3) is 2.86. The summed E-state index contributed by atoms with van der Waals surface area (Å²) in [5.41, 5.74) is 8.22. The fourth-order valence-corrected chi connectivity index (χ4v) is 2.07. The monoisotopic (exact) mass is 273 g/mol. The fourth-order valence-electron chi connectivity index (χ4n) is 2.07. The van der Waals surface area contributed by atoms with E-state index >= 15 is 0 Å². The maximum Gasteiger partial charge on any atom is 0.127 e. The van der Waals surface area contributed by atoms with Crippen LogP contribution in [0.25, 0.3) is 0 Å². The second-order valence-corrected chi connectivity index (χ2v) is 4.36. The van der Waals surface area contributed by atoms with Crippen molar-refractivity contribution in [3.8, 4) is 17.2 Å². The van der Waals surface area contributed by atoms with Crippen molar-refractivity contribution < 1.29 is 14.2 Å². The summed E-state index contributed by atoms with van der Waals surface area (Å²) in [5, 5.41) is 0. The van der Waals surface area contributed by atoms with Crippen molar-refractivity contribution in [3.63, 3.8) is 0 Å². The Kier molecular flexibility index (Phi) is 4.48. The highest BCUT2D eigenvalue weighted by atomic mass is 16.5. The number of hydrogen-bond donors (Lipinski definition) is 1. The Bertz CT molecular complexity index is 566. The molecule has 0 aromatic heterocycles. The highest BCUT2D eigenvalue weighted by Crippen LogP contribution is 2.32. The van der Waals surface area contributed by atoms with Crippen LogP contribution in [0, 0.1) is 0 Å². The third-order valence-electron chi connectivity index (χ3n) is 3.25. The minimum absolute atomic E-state index is 0.262. The molecule has 0 unspecified atom stereocenters. The molecule has 4 nitrogen and oxygen atoms in total. The number of rotatable bonds is 5. The van der Waals surface area contributed by atoms with E-state index in [4.69, 9.17) is 19.9 Å². The fraction of sp³-hybridized carbons (Fsp3) is 0.250.